The van der Waals surface area contributed by atoms with E-state index in [1.165, 1.54) is 35.7 Å². The van der Waals surface area contributed by atoms with Crippen molar-refractivity contribution in [3.05, 3.63) is 139 Å². The molecule has 0 atom stereocenters. The highest BCUT2D eigenvalue weighted by atomic mass is 35.5. The van der Waals surface area contributed by atoms with Crippen molar-refractivity contribution in [1.29, 1.82) is 0 Å². The number of hydrogen-bond acceptors (Lipinski definition) is 9. The topological polar surface area (TPSA) is 137 Å². The fourth-order valence-electron chi connectivity index (χ4n) is 6.95. The van der Waals surface area contributed by atoms with Crippen LogP contribution >= 0.6 is 11.6 Å². The lowest BCUT2D eigenvalue weighted by atomic mass is 10.1. The Labute approximate surface area is 351 Å². The molecule has 0 saturated carbocycles. The van der Waals surface area contributed by atoms with Gasteiger partial charge in [0, 0.05) is 62.4 Å². The predicted molar refractivity (Wildman–Crippen MR) is 221 cm³/mol. The van der Waals surface area contributed by atoms with Gasteiger partial charge in [-0.1, -0.05) is 41.9 Å². The van der Waals surface area contributed by atoms with Crippen LogP contribution in [0.25, 0.3) is 32.9 Å². The first-order chi connectivity index (χ1) is 29.0. The van der Waals surface area contributed by atoms with E-state index in [2.05, 4.69) is 14.7 Å². The van der Waals surface area contributed by atoms with Crippen LogP contribution in [0.5, 0.6) is 11.5 Å². The quantitative estimate of drug-likeness (QED) is 0.110. The Hall–Kier alpha value is -6.01. The van der Waals surface area contributed by atoms with E-state index < -0.39 is 18.8 Å². The summed E-state index contributed by atoms with van der Waals surface area (Å²) in [6.07, 6.45) is 3.21. The second-order valence-electron chi connectivity index (χ2n) is 14.4. The van der Waals surface area contributed by atoms with Gasteiger partial charge >= 0.3 is 13.2 Å². The van der Waals surface area contributed by atoms with Crippen LogP contribution < -0.4 is 20.6 Å². The molecule has 0 aliphatic carbocycles. The Morgan fingerprint density at radius 3 is 1.59 bits per heavy atom. The van der Waals surface area contributed by atoms with Crippen LogP contribution in [0.2, 0.25) is 5.02 Å². The van der Waals surface area contributed by atoms with Crippen LogP contribution in [-0.2, 0) is 55.5 Å². The normalized spacial score (nSPS) is 11.8. The highest BCUT2D eigenvalue weighted by Gasteiger charge is 2.22. The molecule has 0 bridgehead atoms. The molecule has 3 heterocycles. The number of ether oxygens (including phenoxy) is 4. The molecule has 0 unspecified atom stereocenters. The van der Waals surface area contributed by atoms with Crippen LogP contribution in [0.1, 0.15) is 41.9 Å². The first-order valence-corrected chi connectivity index (χ1v) is 19.1. The number of methoxy groups -OCH3 is 2. The van der Waals surface area contributed by atoms with E-state index in [0.29, 0.717) is 60.5 Å². The molecule has 18 heteroatoms. The molecule has 0 amide bonds. The van der Waals surface area contributed by atoms with Gasteiger partial charge in [-0.25, -0.2) is 9.97 Å². The summed E-state index contributed by atoms with van der Waals surface area (Å²) in [7, 11) is 6.27. The molecule has 61 heavy (non-hydrogen) atoms. The highest BCUT2D eigenvalue weighted by molar-refractivity contribution is 6.31. The summed E-state index contributed by atoms with van der Waals surface area (Å²) in [5.74, 6) is 0.363. The van der Waals surface area contributed by atoms with Gasteiger partial charge in [0.15, 0.2) is 5.82 Å². The van der Waals surface area contributed by atoms with Crippen molar-refractivity contribution >= 4 is 33.4 Å². The van der Waals surface area contributed by atoms with Crippen molar-refractivity contribution in [1.82, 2.24) is 28.7 Å². The van der Waals surface area contributed by atoms with Gasteiger partial charge in [0.2, 0.25) is 0 Å². The maximum Gasteiger partial charge on any atom is 0.387 e. The minimum atomic E-state index is -2.99. The van der Waals surface area contributed by atoms with Crippen molar-refractivity contribution in [3.8, 4) is 22.6 Å². The van der Waals surface area contributed by atoms with Gasteiger partial charge in [0.05, 0.1) is 48.1 Å². The van der Waals surface area contributed by atoms with Gasteiger partial charge in [0.25, 0.3) is 11.1 Å². The van der Waals surface area contributed by atoms with Gasteiger partial charge in [-0.3, -0.25) is 28.3 Å². The number of fused-ring (bicyclic) bond motifs is 2. The third kappa shape index (κ3) is 9.81. The van der Waals surface area contributed by atoms with E-state index in [-0.39, 0.29) is 48.9 Å². The summed E-state index contributed by atoms with van der Waals surface area (Å²) < 4.78 is 77.9. The number of aromatic nitrogens is 6. The molecular weight excluding hydrogens is 824 g/mol. The van der Waals surface area contributed by atoms with Crippen LogP contribution in [-0.4, -0.2) is 61.2 Å². The molecule has 4 aromatic carbocycles. The maximum absolute atomic E-state index is 13.1. The number of rotatable bonds is 14. The predicted octanol–water partition coefficient (Wildman–Crippen LogP) is 7.61. The summed E-state index contributed by atoms with van der Waals surface area (Å²) in [6, 6.07) is 20.0. The van der Waals surface area contributed by atoms with Crippen LogP contribution in [0.3, 0.4) is 0 Å². The van der Waals surface area contributed by atoms with Crippen molar-refractivity contribution in [3.63, 3.8) is 0 Å². The Bertz CT molecular complexity index is 2780. The summed E-state index contributed by atoms with van der Waals surface area (Å²) in [5, 5.41) is 11.6. The first kappa shape index (κ1) is 44.5. The van der Waals surface area contributed by atoms with E-state index in [0.717, 1.165) is 5.56 Å². The van der Waals surface area contributed by atoms with Crippen molar-refractivity contribution in [2.75, 3.05) is 14.2 Å². The number of alkyl halides is 4. The Morgan fingerprint density at radius 1 is 0.689 bits per heavy atom. The highest BCUT2D eigenvalue weighted by Crippen LogP contribution is 2.30. The zero-order valence-corrected chi connectivity index (χ0v) is 34.8. The second kappa shape index (κ2) is 18.7. The Balaban J connectivity index is 0.000000213. The molecule has 0 radical (unpaired) electrons. The zero-order valence-electron chi connectivity index (χ0n) is 34.0. The monoisotopic (exact) mass is 866 g/mol. The fourth-order valence-corrected chi connectivity index (χ4v) is 7.11. The van der Waals surface area contributed by atoms with Gasteiger partial charge < -0.3 is 24.1 Å². The van der Waals surface area contributed by atoms with E-state index in [1.54, 1.807) is 104 Å². The number of nitrogens with zero attached hydrogens (tertiary/aromatic N) is 6. The first-order valence-electron chi connectivity index (χ1n) is 18.7. The summed E-state index contributed by atoms with van der Waals surface area (Å²) in [6.45, 7) is -2.07. The lowest BCUT2D eigenvalue weighted by Gasteiger charge is -2.17. The molecule has 0 aliphatic rings. The lowest BCUT2D eigenvalue weighted by molar-refractivity contribution is -0.0513. The molecular formula is C43H43ClF4N6O7. The van der Waals surface area contributed by atoms with E-state index >= 15 is 0 Å². The summed E-state index contributed by atoms with van der Waals surface area (Å²) in [4.78, 5) is 33.9. The molecule has 1 N–H and O–H groups in total. The van der Waals surface area contributed by atoms with E-state index in [1.807, 2.05) is 6.07 Å². The minimum Gasteiger partial charge on any atom is -0.434 e. The standard InChI is InChI=1S/C25H26F2N4O4.C18H17ClF2N2O3/c1-25(2,33)23-28-11-17(12-29-23)15-8-9-18-20(10-15)31(30(3)22(18)32)13-19-16(14-34-4)6-5-7-21(19)35-24(26)27;1-22-17(24)13-7-6-12(19)8-15(13)23(22)9-14-11(10-25-2)4-3-5-16(14)26-18(20)21/h5-12,24,33H,13-14H2,1-4H3;3-8,18H,9-10H2,1-2H3. The van der Waals surface area contributed by atoms with Crippen LogP contribution in [0, 0.1) is 0 Å². The van der Waals surface area contributed by atoms with Gasteiger partial charge in [-0.05, 0) is 73.0 Å². The van der Waals surface area contributed by atoms with Crippen LogP contribution in [0.15, 0.2) is 94.8 Å². The Kier molecular flexibility index (Phi) is 13.7. The molecule has 13 nitrogen and oxygen atoms in total. The van der Waals surface area contributed by atoms with Gasteiger partial charge in [-0.15, -0.1) is 0 Å². The van der Waals surface area contributed by atoms with Gasteiger partial charge in [0.1, 0.15) is 17.1 Å². The molecule has 0 fully saturated rings. The number of halogens is 5. The average molecular weight is 867 g/mol. The summed E-state index contributed by atoms with van der Waals surface area (Å²) >= 11 is 6.07. The average Bonchev–Trinajstić information content (AvgIpc) is 3.58. The van der Waals surface area contributed by atoms with Crippen molar-refractivity contribution in [2.45, 2.75) is 59.0 Å². The molecule has 0 aliphatic heterocycles. The molecule has 7 aromatic rings. The SMILES string of the molecule is COCc1cccc(OC(F)F)c1Cn1c2cc(-c3cnc(C(C)(C)O)nc3)ccc2c(=O)n1C.COCc1cccc(OC(F)F)c1Cn1c2cc(Cl)ccc2c(=O)n1C. The molecule has 0 spiro atoms. The largest absolute Gasteiger partial charge is 0.434 e. The number of benzene rings is 4. The fraction of sp³-hybridized carbons (Fsp3) is 0.302. The van der Waals surface area contributed by atoms with Gasteiger partial charge in [-0.2, -0.15) is 17.6 Å². The lowest BCUT2D eigenvalue weighted by Crippen LogP contribution is -2.20. The smallest absolute Gasteiger partial charge is 0.387 e. The van der Waals surface area contributed by atoms with Crippen molar-refractivity contribution in [2.24, 2.45) is 14.1 Å². The Morgan fingerprint density at radius 2 is 1.15 bits per heavy atom. The number of aliphatic hydroxyl groups is 1. The van der Waals surface area contributed by atoms with E-state index in [9.17, 15) is 32.3 Å². The zero-order chi connectivity index (χ0) is 44.2. The molecule has 7 rings (SSSR count). The van der Waals surface area contributed by atoms with E-state index in [4.69, 9.17) is 25.8 Å². The third-order valence-electron chi connectivity index (χ3n) is 9.93. The molecule has 322 valence electrons. The van der Waals surface area contributed by atoms with Crippen molar-refractivity contribution < 1.29 is 41.6 Å². The summed E-state index contributed by atoms with van der Waals surface area (Å²) in [5.41, 5.74) is 3.46. The molecule has 0 saturated heterocycles. The maximum atomic E-state index is 13.1. The molecule has 3 aromatic heterocycles. The third-order valence-corrected chi connectivity index (χ3v) is 10.2. The minimum absolute atomic E-state index is 0.0237. The number of hydrogen-bond donors (Lipinski definition) is 1. The second-order valence-corrected chi connectivity index (χ2v) is 14.9. The van der Waals surface area contributed by atoms with Crippen LogP contribution in [0.4, 0.5) is 17.6 Å².